The van der Waals surface area contributed by atoms with Crippen LogP contribution < -0.4 is 5.43 Å². The van der Waals surface area contributed by atoms with Crippen molar-refractivity contribution >= 4 is 59.9 Å². The number of carbonyl (C=O) groups is 1. The molecule has 1 amide bonds. The number of nitrogens with one attached hydrogen (secondary N) is 1. The van der Waals surface area contributed by atoms with E-state index in [0.717, 1.165) is 0 Å². The highest BCUT2D eigenvalue weighted by atomic mass is 79.9. The number of pyridine rings is 1. The van der Waals surface area contributed by atoms with E-state index in [0.29, 0.717) is 24.5 Å². The van der Waals surface area contributed by atoms with Crippen LogP contribution in [0.1, 0.15) is 15.9 Å². The van der Waals surface area contributed by atoms with Gasteiger partial charge in [0, 0.05) is 22.4 Å². The molecule has 108 valence electrons. The van der Waals surface area contributed by atoms with Gasteiger partial charge in [0.2, 0.25) is 0 Å². The first-order valence-electron chi connectivity index (χ1n) is 5.60. The fourth-order valence-electron chi connectivity index (χ4n) is 1.43. The number of hydrazone groups is 1. The van der Waals surface area contributed by atoms with Gasteiger partial charge in [-0.2, -0.15) is 5.10 Å². The van der Waals surface area contributed by atoms with E-state index in [4.69, 9.17) is 0 Å². The molecular weight excluding hydrogens is 470 g/mol. The minimum absolute atomic E-state index is 0.0539. The zero-order valence-electron chi connectivity index (χ0n) is 10.3. The van der Waals surface area contributed by atoms with Gasteiger partial charge in [0.1, 0.15) is 5.75 Å². The van der Waals surface area contributed by atoms with Crippen molar-refractivity contribution < 1.29 is 9.90 Å². The first kappa shape index (κ1) is 16.1. The average Bonchev–Trinajstić information content (AvgIpc) is 2.49. The Morgan fingerprint density at radius 1 is 1.33 bits per heavy atom. The maximum atomic E-state index is 11.8. The molecule has 0 radical (unpaired) electrons. The first-order chi connectivity index (χ1) is 10.0. The second kappa shape index (κ2) is 7.15. The predicted molar refractivity (Wildman–Crippen MR) is 90.5 cm³/mol. The lowest BCUT2D eigenvalue weighted by Gasteiger charge is -2.06. The molecule has 0 spiro atoms. The third-order valence-electron chi connectivity index (χ3n) is 2.46. The van der Waals surface area contributed by atoms with E-state index in [-0.39, 0.29) is 11.7 Å². The lowest BCUT2D eigenvalue weighted by molar-refractivity contribution is 0.0955. The van der Waals surface area contributed by atoms with E-state index < -0.39 is 0 Å². The minimum Gasteiger partial charge on any atom is -0.506 e. The lowest BCUT2D eigenvalue weighted by Crippen LogP contribution is -2.17. The molecule has 0 bridgehead atoms. The fraction of sp³-hybridized carbons (Fsp3) is 0. The van der Waals surface area contributed by atoms with Gasteiger partial charge in [-0.3, -0.25) is 9.78 Å². The molecule has 0 aliphatic rings. The number of phenolic OH excluding ortho intramolecular Hbond substituents is 1. The number of phenols is 1. The van der Waals surface area contributed by atoms with Crippen LogP contribution in [0, 0.1) is 0 Å². The smallest absolute Gasteiger partial charge is 0.272 e. The van der Waals surface area contributed by atoms with Gasteiger partial charge in [0.25, 0.3) is 5.91 Å². The van der Waals surface area contributed by atoms with Crippen molar-refractivity contribution in [1.82, 2.24) is 10.4 Å². The molecule has 1 heterocycles. The van der Waals surface area contributed by atoms with Gasteiger partial charge < -0.3 is 5.11 Å². The van der Waals surface area contributed by atoms with Gasteiger partial charge in [-0.05, 0) is 50.1 Å². The molecule has 1 aromatic carbocycles. The number of aromatic nitrogens is 1. The number of halogens is 3. The molecule has 2 aromatic rings. The number of benzene rings is 1. The molecule has 5 nitrogen and oxygen atoms in total. The molecule has 0 aliphatic heterocycles. The van der Waals surface area contributed by atoms with Gasteiger partial charge >= 0.3 is 0 Å². The molecule has 2 N–H and O–H groups in total. The van der Waals surface area contributed by atoms with E-state index in [1.165, 1.54) is 12.4 Å². The van der Waals surface area contributed by atoms with E-state index in [1.54, 1.807) is 24.4 Å². The number of hydrogen-bond acceptors (Lipinski definition) is 4. The number of rotatable bonds is 3. The van der Waals surface area contributed by atoms with Crippen LogP contribution in [-0.2, 0) is 0 Å². The summed E-state index contributed by atoms with van der Waals surface area (Å²) >= 11 is 9.85. The Hall–Kier alpha value is -1.25. The maximum Gasteiger partial charge on any atom is 0.272 e. The monoisotopic (exact) mass is 475 g/mol. The van der Waals surface area contributed by atoms with Crippen LogP contribution in [0.5, 0.6) is 5.75 Å². The molecule has 0 atom stereocenters. The molecule has 21 heavy (non-hydrogen) atoms. The quantitative estimate of drug-likeness (QED) is 0.521. The lowest BCUT2D eigenvalue weighted by atomic mass is 10.2. The Morgan fingerprint density at radius 2 is 2.10 bits per heavy atom. The highest BCUT2D eigenvalue weighted by Crippen LogP contribution is 2.38. The largest absolute Gasteiger partial charge is 0.506 e. The Labute approximate surface area is 145 Å². The normalized spacial score (nSPS) is 10.8. The number of amides is 1. The van der Waals surface area contributed by atoms with E-state index in [1.807, 2.05) is 0 Å². The molecule has 0 aliphatic carbocycles. The molecule has 8 heteroatoms. The van der Waals surface area contributed by atoms with Crippen LogP contribution in [0.15, 0.2) is 49.1 Å². The summed E-state index contributed by atoms with van der Waals surface area (Å²) in [5.41, 5.74) is 3.40. The van der Waals surface area contributed by atoms with Crippen molar-refractivity contribution in [1.29, 1.82) is 0 Å². The summed E-state index contributed by atoms with van der Waals surface area (Å²) in [6.45, 7) is 0. The SMILES string of the molecule is O=C(N/N=C\c1c(Br)cc(Br)c(O)c1Br)c1cccnc1. The van der Waals surface area contributed by atoms with Gasteiger partial charge in [-0.1, -0.05) is 15.9 Å². The van der Waals surface area contributed by atoms with Crippen LogP contribution in [0.4, 0.5) is 0 Å². The van der Waals surface area contributed by atoms with Crippen LogP contribution in [-0.4, -0.2) is 22.2 Å². The van der Waals surface area contributed by atoms with Crippen LogP contribution >= 0.6 is 47.8 Å². The molecule has 2 rings (SSSR count). The average molecular weight is 478 g/mol. The number of hydrogen-bond donors (Lipinski definition) is 2. The summed E-state index contributed by atoms with van der Waals surface area (Å²) in [6, 6.07) is 4.98. The molecule has 0 unspecified atom stereocenters. The zero-order valence-corrected chi connectivity index (χ0v) is 15.1. The second-order valence-corrected chi connectivity index (χ2v) is 6.36. The number of carbonyl (C=O) groups excluding carboxylic acids is 1. The summed E-state index contributed by atoms with van der Waals surface area (Å²) in [4.78, 5) is 15.6. The van der Waals surface area contributed by atoms with Crippen molar-refractivity contribution in [3.63, 3.8) is 0 Å². The Kier molecular flexibility index (Phi) is 5.49. The van der Waals surface area contributed by atoms with Gasteiger partial charge in [0.15, 0.2) is 0 Å². The highest BCUT2D eigenvalue weighted by molar-refractivity contribution is 9.11. The summed E-state index contributed by atoms with van der Waals surface area (Å²) in [5.74, 6) is -0.314. The van der Waals surface area contributed by atoms with Gasteiger partial charge in [-0.15, -0.1) is 0 Å². The summed E-state index contributed by atoms with van der Waals surface area (Å²) in [5, 5.41) is 13.7. The van der Waals surface area contributed by atoms with Crippen LogP contribution in [0.25, 0.3) is 0 Å². The molecule has 0 fully saturated rings. The first-order valence-corrected chi connectivity index (χ1v) is 7.98. The summed E-state index contributed by atoms with van der Waals surface area (Å²) in [6.07, 6.45) is 4.45. The zero-order chi connectivity index (χ0) is 15.4. The molecular formula is C13H8Br3N3O2. The van der Waals surface area contributed by atoms with Crippen molar-refractivity contribution in [2.24, 2.45) is 5.10 Å². The Balaban J connectivity index is 2.16. The number of aromatic hydroxyl groups is 1. The van der Waals surface area contributed by atoms with Gasteiger partial charge in [-0.25, -0.2) is 5.43 Å². The molecule has 1 aromatic heterocycles. The van der Waals surface area contributed by atoms with E-state index >= 15 is 0 Å². The highest BCUT2D eigenvalue weighted by Gasteiger charge is 2.12. The van der Waals surface area contributed by atoms with Crippen molar-refractivity contribution in [2.45, 2.75) is 0 Å². The Morgan fingerprint density at radius 3 is 2.76 bits per heavy atom. The molecule has 0 saturated carbocycles. The van der Waals surface area contributed by atoms with Crippen molar-refractivity contribution in [3.8, 4) is 5.75 Å². The standard InChI is InChI=1S/C13H8Br3N3O2/c14-9-4-10(15)12(20)11(16)8(9)6-18-19-13(21)7-2-1-3-17-5-7/h1-6,20H,(H,19,21)/b18-6-. The second-order valence-electron chi connectivity index (χ2n) is 3.86. The minimum atomic E-state index is -0.368. The fourth-order valence-corrected chi connectivity index (χ4v) is 3.76. The van der Waals surface area contributed by atoms with Crippen LogP contribution in [0.3, 0.4) is 0 Å². The predicted octanol–water partition coefficient (Wildman–Crippen LogP) is 3.84. The van der Waals surface area contributed by atoms with Crippen molar-refractivity contribution in [3.05, 3.63) is 55.1 Å². The topological polar surface area (TPSA) is 74.6 Å². The third kappa shape index (κ3) is 3.90. The summed E-state index contributed by atoms with van der Waals surface area (Å²) in [7, 11) is 0. The van der Waals surface area contributed by atoms with Crippen LogP contribution in [0.2, 0.25) is 0 Å². The molecule has 0 saturated heterocycles. The van der Waals surface area contributed by atoms with E-state index in [9.17, 15) is 9.90 Å². The maximum absolute atomic E-state index is 11.8. The van der Waals surface area contributed by atoms with E-state index in [2.05, 4.69) is 63.3 Å². The Bertz CT molecular complexity index is 706. The third-order valence-corrected chi connectivity index (χ3v) is 4.53. The van der Waals surface area contributed by atoms with Crippen molar-refractivity contribution in [2.75, 3.05) is 0 Å². The summed E-state index contributed by atoms with van der Waals surface area (Å²) < 4.78 is 1.71. The number of nitrogens with zero attached hydrogens (tertiary/aromatic N) is 2. The van der Waals surface area contributed by atoms with Gasteiger partial charge in [0.05, 0.1) is 20.7 Å².